The van der Waals surface area contributed by atoms with Gasteiger partial charge in [0.25, 0.3) is 5.56 Å². The van der Waals surface area contributed by atoms with E-state index in [1.54, 1.807) is 11.3 Å². The van der Waals surface area contributed by atoms with Gasteiger partial charge in [-0.25, -0.2) is 4.98 Å². The summed E-state index contributed by atoms with van der Waals surface area (Å²) in [7, 11) is 0. The van der Waals surface area contributed by atoms with E-state index in [1.165, 1.54) is 36.1 Å². The molecule has 3 heterocycles. The minimum absolute atomic E-state index is 0.0187. The lowest BCUT2D eigenvalue weighted by Gasteiger charge is -2.44. The van der Waals surface area contributed by atoms with Crippen LogP contribution in [-0.4, -0.2) is 33.4 Å². The lowest BCUT2D eigenvalue weighted by Crippen LogP contribution is -2.49. The zero-order chi connectivity index (χ0) is 20.0. The Kier molecular flexibility index (Phi) is 5.23. The number of hydrogen-bond acceptors (Lipinski definition) is 4. The Morgan fingerprint density at radius 2 is 2.03 bits per heavy atom. The number of hydrogen-bond donors (Lipinski definition) is 1. The first kappa shape index (κ1) is 19.3. The average Bonchev–Trinajstić information content (AvgIpc) is 3.09. The van der Waals surface area contributed by atoms with Crippen LogP contribution in [0.15, 0.2) is 4.79 Å². The average molecular weight is 414 g/mol. The van der Waals surface area contributed by atoms with Crippen molar-refractivity contribution in [3.63, 3.8) is 0 Å². The van der Waals surface area contributed by atoms with E-state index >= 15 is 0 Å². The maximum atomic E-state index is 13.0. The third-order valence-corrected chi connectivity index (χ3v) is 8.50. The van der Waals surface area contributed by atoms with Gasteiger partial charge in [-0.2, -0.15) is 0 Å². The highest BCUT2D eigenvalue weighted by Gasteiger charge is 2.35. The summed E-state index contributed by atoms with van der Waals surface area (Å²) in [6.07, 6.45) is 11.6. The molecule has 1 saturated heterocycles. The van der Waals surface area contributed by atoms with Crippen LogP contribution in [0.1, 0.15) is 74.6 Å². The Balaban J connectivity index is 1.32. The van der Waals surface area contributed by atoms with Crippen molar-refractivity contribution < 1.29 is 4.79 Å². The van der Waals surface area contributed by atoms with Crippen molar-refractivity contribution >= 4 is 27.5 Å². The number of aromatic amines is 1. The molecule has 0 spiro atoms. The van der Waals surface area contributed by atoms with Crippen LogP contribution >= 0.6 is 11.3 Å². The van der Waals surface area contributed by atoms with E-state index < -0.39 is 0 Å². The molecule has 2 aliphatic carbocycles. The van der Waals surface area contributed by atoms with Crippen molar-refractivity contribution in [2.24, 2.45) is 11.8 Å². The van der Waals surface area contributed by atoms with Crippen LogP contribution in [0.5, 0.6) is 0 Å². The van der Waals surface area contributed by atoms with Crippen molar-refractivity contribution in [1.82, 2.24) is 14.9 Å². The molecule has 29 heavy (non-hydrogen) atoms. The highest BCUT2D eigenvalue weighted by atomic mass is 32.1. The first-order chi connectivity index (χ1) is 14.1. The highest BCUT2D eigenvalue weighted by molar-refractivity contribution is 7.18. The number of nitrogens with one attached hydrogen (secondary N) is 1. The predicted molar refractivity (Wildman–Crippen MR) is 116 cm³/mol. The van der Waals surface area contributed by atoms with Gasteiger partial charge >= 0.3 is 0 Å². The second kappa shape index (κ2) is 7.86. The van der Waals surface area contributed by atoms with Crippen molar-refractivity contribution in [1.29, 1.82) is 0 Å². The van der Waals surface area contributed by atoms with E-state index in [-0.39, 0.29) is 11.5 Å². The smallest absolute Gasteiger partial charge is 0.259 e. The Labute approximate surface area is 175 Å². The highest BCUT2D eigenvalue weighted by Crippen LogP contribution is 2.37. The number of carbonyl (C=O) groups is 1. The molecule has 0 unspecified atom stereocenters. The minimum atomic E-state index is -0.0187. The fourth-order valence-corrected chi connectivity index (χ4v) is 7.22. The van der Waals surface area contributed by atoms with Crippen LogP contribution in [0.3, 0.4) is 0 Å². The van der Waals surface area contributed by atoms with Crippen LogP contribution in [-0.2, 0) is 24.1 Å². The molecule has 1 amide bonds. The molecular formula is C23H31N3O2S. The second-order valence-electron chi connectivity index (χ2n) is 9.39. The number of fused-ring (bicyclic) bond motifs is 4. The van der Waals surface area contributed by atoms with Gasteiger partial charge in [-0.15, -0.1) is 11.3 Å². The minimum Gasteiger partial charge on any atom is -0.339 e. The summed E-state index contributed by atoms with van der Waals surface area (Å²) in [5.41, 5.74) is 1.20. The van der Waals surface area contributed by atoms with Gasteiger partial charge in [0.05, 0.1) is 5.39 Å². The number of likely N-dealkylation sites (tertiary alicyclic amines) is 1. The largest absolute Gasteiger partial charge is 0.339 e. The second-order valence-corrected chi connectivity index (χ2v) is 10.5. The fourth-order valence-electron chi connectivity index (χ4n) is 5.82. The third kappa shape index (κ3) is 3.65. The number of carbonyl (C=O) groups excluding carboxylic acids is 1. The quantitative estimate of drug-likeness (QED) is 0.819. The Morgan fingerprint density at radius 3 is 2.93 bits per heavy atom. The van der Waals surface area contributed by atoms with E-state index in [9.17, 15) is 9.59 Å². The molecule has 156 valence electrons. The maximum absolute atomic E-state index is 13.0. The number of nitrogens with zero attached hydrogens (tertiary/aromatic N) is 2. The normalized spacial score (nSPS) is 26.9. The summed E-state index contributed by atoms with van der Waals surface area (Å²) in [4.78, 5) is 37.8. The number of amides is 1. The molecule has 6 heteroatoms. The van der Waals surface area contributed by atoms with E-state index in [0.29, 0.717) is 36.5 Å². The summed E-state index contributed by atoms with van der Waals surface area (Å²) < 4.78 is 0. The standard InChI is InChI=1S/C23H31N3O2S/c1-14-8-9-16-18(13-14)29-23-21(16)22(28)24-19(25-23)10-11-20(27)26-12-4-6-15-5-2-3-7-17(15)26/h14-15,17H,2-13H2,1H3,(H,24,25,28)/t14-,15+,17-/m0/s1. The summed E-state index contributed by atoms with van der Waals surface area (Å²) in [5.74, 6) is 2.29. The van der Waals surface area contributed by atoms with Gasteiger partial charge in [0.1, 0.15) is 10.7 Å². The molecule has 2 fully saturated rings. The molecule has 3 atom stereocenters. The molecule has 0 bridgehead atoms. The summed E-state index contributed by atoms with van der Waals surface area (Å²) in [6.45, 7) is 3.18. The zero-order valence-corrected chi connectivity index (χ0v) is 18.2. The third-order valence-electron chi connectivity index (χ3n) is 7.35. The molecule has 0 radical (unpaired) electrons. The van der Waals surface area contributed by atoms with Crippen LogP contribution in [0, 0.1) is 11.8 Å². The Morgan fingerprint density at radius 1 is 1.21 bits per heavy atom. The SMILES string of the molecule is C[C@H]1CCc2c(sc3nc(CCC(=O)N4CCC[C@H]5CCCC[C@@H]54)[nH]c(=O)c23)C1. The molecule has 5 nitrogen and oxygen atoms in total. The van der Waals surface area contributed by atoms with Crippen molar-refractivity contribution in [3.05, 3.63) is 26.6 Å². The van der Waals surface area contributed by atoms with E-state index in [2.05, 4.69) is 16.8 Å². The first-order valence-corrected chi connectivity index (χ1v) is 12.2. The number of aromatic nitrogens is 2. The number of thiophene rings is 1. The van der Waals surface area contributed by atoms with Gasteiger partial charge in [0.15, 0.2) is 0 Å². The lowest BCUT2D eigenvalue weighted by atomic mass is 9.78. The number of aryl methyl sites for hydroxylation is 2. The molecule has 5 rings (SSSR count). The Hall–Kier alpha value is -1.69. The molecule has 3 aliphatic rings. The number of piperidine rings is 1. The van der Waals surface area contributed by atoms with Crippen LogP contribution in [0.2, 0.25) is 0 Å². The molecule has 2 aromatic rings. The summed E-state index contributed by atoms with van der Waals surface area (Å²) in [5, 5.41) is 0.799. The van der Waals surface area contributed by atoms with E-state index in [1.807, 2.05) is 0 Å². The fraction of sp³-hybridized carbons (Fsp3) is 0.696. The van der Waals surface area contributed by atoms with Crippen molar-refractivity contribution in [3.8, 4) is 0 Å². The molecule has 0 aromatic carbocycles. The monoisotopic (exact) mass is 413 g/mol. The van der Waals surface area contributed by atoms with Crippen molar-refractivity contribution in [2.45, 2.75) is 83.6 Å². The molecular weight excluding hydrogens is 382 g/mol. The van der Waals surface area contributed by atoms with E-state index in [4.69, 9.17) is 4.98 Å². The van der Waals surface area contributed by atoms with Gasteiger partial charge in [0.2, 0.25) is 5.91 Å². The van der Waals surface area contributed by atoms with Crippen LogP contribution in [0.4, 0.5) is 0 Å². The van der Waals surface area contributed by atoms with Gasteiger partial charge in [0, 0.05) is 30.3 Å². The predicted octanol–water partition coefficient (Wildman–Crippen LogP) is 4.22. The van der Waals surface area contributed by atoms with Gasteiger partial charge < -0.3 is 9.88 Å². The first-order valence-electron chi connectivity index (χ1n) is 11.4. The Bertz CT molecular complexity index is 976. The maximum Gasteiger partial charge on any atom is 0.259 e. The van der Waals surface area contributed by atoms with Crippen LogP contribution < -0.4 is 5.56 Å². The van der Waals surface area contributed by atoms with Gasteiger partial charge in [-0.05, 0) is 62.3 Å². The van der Waals surface area contributed by atoms with E-state index in [0.717, 1.165) is 48.9 Å². The van der Waals surface area contributed by atoms with Gasteiger partial charge in [-0.3, -0.25) is 9.59 Å². The molecule has 1 saturated carbocycles. The van der Waals surface area contributed by atoms with Crippen LogP contribution in [0.25, 0.3) is 10.2 Å². The zero-order valence-electron chi connectivity index (χ0n) is 17.3. The molecule has 1 aliphatic heterocycles. The number of H-pyrrole nitrogens is 1. The van der Waals surface area contributed by atoms with Gasteiger partial charge in [-0.1, -0.05) is 19.8 Å². The summed E-state index contributed by atoms with van der Waals surface area (Å²) in [6, 6.07) is 0.450. The number of rotatable bonds is 3. The molecule has 2 aromatic heterocycles. The topological polar surface area (TPSA) is 66.1 Å². The summed E-state index contributed by atoms with van der Waals surface area (Å²) >= 11 is 1.68. The molecule has 1 N–H and O–H groups in total. The lowest BCUT2D eigenvalue weighted by molar-refractivity contribution is -0.137. The van der Waals surface area contributed by atoms with Crippen molar-refractivity contribution in [2.75, 3.05) is 6.54 Å².